The minimum Gasteiger partial charge on any atom is -0.493 e. The Hall–Kier alpha value is -3.30. The maximum absolute atomic E-state index is 12.9. The summed E-state index contributed by atoms with van der Waals surface area (Å²) in [4.78, 5) is 14.7. The fraction of sp³-hybridized carbons (Fsp3) is 0.333. The van der Waals surface area contributed by atoms with Gasteiger partial charge in [-0.3, -0.25) is 19.1 Å². The van der Waals surface area contributed by atoms with Crippen molar-refractivity contribution >= 4 is 34.9 Å². The Labute approximate surface area is 212 Å². The Morgan fingerprint density at radius 1 is 1.14 bits per heavy atom. The van der Waals surface area contributed by atoms with Crippen LogP contribution in [0.1, 0.15) is 31.9 Å². The Bertz CT molecular complexity index is 1420. The van der Waals surface area contributed by atoms with Crippen LogP contribution in [0.4, 0.5) is 5.82 Å². The average molecular weight is 514 g/mol. The first-order valence-corrected chi connectivity index (χ1v) is 12.0. The molecule has 0 saturated carbocycles. The molecule has 0 radical (unpaired) electrons. The summed E-state index contributed by atoms with van der Waals surface area (Å²) >= 11 is 13.1. The highest BCUT2D eigenvalue weighted by molar-refractivity contribution is 6.33. The van der Waals surface area contributed by atoms with E-state index in [2.05, 4.69) is 10.2 Å². The molecule has 5 rings (SSSR count). The lowest BCUT2D eigenvalue weighted by Gasteiger charge is -2.27. The van der Waals surface area contributed by atoms with Gasteiger partial charge in [0.2, 0.25) is 5.91 Å². The van der Waals surface area contributed by atoms with Crippen LogP contribution >= 0.6 is 23.2 Å². The van der Waals surface area contributed by atoms with Crippen molar-refractivity contribution in [1.82, 2.24) is 29.3 Å². The summed E-state index contributed by atoms with van der Waals surface area (Å²) in [6.07, 6.45) is 3.78. The van der Waals surface area contributed by atoms with Gasteiger partial charge in [0.05, 0.1) is 42.6 Å². The van der Waals surface area contributed by atoms with Crippen molar-refractivity contribution in [2.45, 2.75) is 39.4 Å². The van der Waals surface area contributed by atoms with E-state index in [1.54, 1.807) is 29.1 Å². The molecule has 0 spiro atoms. The van der Waals surface area contributed by atoms with E-state index in [-0.39, 0.29) is 11.9 Å². The molecule has 11 heteroatoms. The molecule has 9 nitrogen and oxygen atoms in total. The van der Waals surface area contributed by atoms with E-state index in [4.69, 9.17) is 33.0 Å². The molecule has 3 aromatic heterocycles. The summed E-state index contributed by atoms with van der Waals surface area (Å²) in [6.45, 7) is 4.94. The van der Waals surface area contributed by atoms with Gasteiger partial charge >= 0.3 is 0 Å². The maximum atomic E-state index is 12.9. The summed E-state index contributed by atoms with van der Waals surface area (Å²) in [5.41, 5.74) is 3.76. The molecule has 1 aliphatic rings. The Balaban J connectivity index is 1.47. The highest BCUT2D eigenvalue weighted by Crippen LogP contribution is 2.36. The third-order valence-electron chi connectivity index (χ3n) is 6.00. The number of methoxy groups -OCH3 is 1. The molecule has 0 N–H and O–H groups in total. The van der Waals surface area contributed by atoms with E-state index in [0.29, 0.717) is 46.7 Å². The lowest BCUT2D eigenvalue weighted by molar-refractivity contribution is -0.119. The first-order valence-electron chi connectivity index (χ1n) is 11.2. The molecular formula is C24H25Cl2N7O2. The zero-order chi connectivity index (χ0) is 24.9. The van der Waals surface area contributed by atoms with Gasteiger partial charge in [0, 0.05) is 31.1 Å². The molecule has 0 saturated heterocycles. The van der Waals surface area contributed by atoms with Crippen LogP contribution in [0.5, 0.6) is 5.75 Å². The molecule has 182 valence electrons. The molecule has 1 aliphatic heterocycles. The molecule has 0 bridgehead atoms. The number of hydrogen-bond donors (Lipinski definition) is 0. The lowest BCUT2D eigenvalue weighted by Crippen LogP contribution is -2.36. The van der Waals surface area contributed by atoms with Gasteiger partial charge in [0.25, 0.3) is 0 Å². The number of aromatic nitrogens is 6. The van der Waals surface area contributed by atoms with Crippen molar-refractivity contribution in [3.8, 4) is 28.4 Å². The SMILES string of the molecule is COc1cn(C)nc1-c1ccc(CN2C(=O)CCn3nc(-c4c(Cl)cnn4C(C)C)cc32)cc1Cl. The van der Waals surface area contributed by atoms with E-state index >= 15 is 0 Å². The van der Waals surface area contributed by atoms with Crippen LogP contribution in [-0.2, 0) is 24.9 Å². The van der Waals surface area contributed by atoms with Gasteiger partial charge < -0.3 is 4.74 Å². The zero-order valence-electron chi connectivity index (χ0n) is 19.9. The second kappa shape index (κ2) is 9.05. The molecule has 0 aliphatic carbocycles. The first-order chi connectivity index (χ1) is 16.8. The quantitative estimate of drug-likeness (QED) is 0.363. The van der Waals surface area contributed by atoms with Gasteiger partial charge in [-0.25, -0.2) is 4.68 Å². The van der Waals surface area contributed by atoms with E-state index in [9.17, 15) is 4.79 Å². The summed E-state index contributed by atoms with van der Waals surface area (Å²) < 4.78 is 10.8. The predicted octanol–water partition coefficient (Wildman–Crippen LogP) is 4.98. The summed E-state index contributed by atoms with van der Waals surface area (Å²) in [5.74, 6) is 1.39. The van der Waals surface area contributed by atoms with Crippen LogP contribution in [0.2, 0.25) is 10.0 Å². The number of amides is 1. The van der Waals surface area contributed by atoms with Gasteiger partial charge in [0.15, 0.2) is 5.75 Å². The van der Waals surface area contributed by atoms with Crippen molar-refractivity contribution in [3.05, 3.63) is 52.3 Å². The summed E-state index contributed by atoms with van der Waals surface area (Å²) in [5, 5.41) is 14.7. The lowest BCUT2D eigenvalue weighted by atomic mass is 10.1. The number of carbonyl (C=O) groups is 1. The van der Waals surface area contributed by atoms with Crippen LogP contribution in [0, 0.1) is 0 Å². The number of carbonyl (C=O) groups excluding carboxylic acids is 1. The van der Waals surface area contributed by atoms with Gasteiger partial charge in [-0.2, -0.15) is 15.3 Å². The number of benzene rings is 1. The third-order valence-corrected chi connectivity index (χ3v) is 6.59. The minimum absolute atomic E-state index is 0.0269. The van der Waals surface area contributed by atoms with Gasteiger partial charge in [-0.15, -0.1) is 0 Å². The standard InChI is InChI=1S/C24H25Cl2N7O2/c1-14(2)33-24(18(26)11-27-33)19-10-21-31(22(34)7-8-32(21)28-19)12-15-5-6-16(17(25)9-15)23-20(35-4)13-30(3)29-23/h5-6,9-11,13-14H,7-8,12H2,1-4H3. The maximum Gasteiger partial charge on any atom is 0.230 e. The predicted molar refractivity (Wildman–Crippen MR) is 135 cm³/mol. The van der Waals surface area contributed by atoms with Crippen molar-refractivity contribution in [2.75, 3.05) is 12.0 Å². The van der Waals surface area contributed by atoms with Gasteiger partial charge in [0.1, 0.15) is 22.9 Å². The average Bonchev–Trinajstić information content (AvgIpc) is 3.51. The molecule has 1 aromatic carbocycles. The number of rotatable bonds is 6. The monoisotopic (exact) mass is 513 g/mol. The van der Waals surface area contributed by atoms with E-state index in [1.165, 1.54) is 0 Å². The number of anilines is 1. The topological polar surface area (TPSA) is 83.0 Å². The van der Waals surface area contributed by atoms with Crippen molar-refractivity contribution in [1.29, 1.82) is 0 Å². The zero-order valence-corrected chi connectivity index (χ0v) is 21.4. The number of hydrogen-bond acceptors (Lipinski definition) is 5. The minimum atomic E-state index is 0.0269. The molecule has 0 atom stereocenters. The number of aryl methyl sites for hydroxylation is 2. The molecule has 0 unspecified atom stereocenters. The first kappa shape index (κ1) is 23.4. The summed E-state index contributed by atoms with van der Waals surface area (Å²) in [6, 6.07) is 7.73. The van der Waals surface area contributed by atoms with Crippen molar-refractivity contribution in [3.63, 3.8) is 0 Å². The van der Waals surface area contributed by atoms with E-state index in [1.807, 2.05) is 54.5 Å². The van der Waals surface area contributed by atoms with Crippen LogP contribution in [0.3, 0.4) is 0 Å². The largest absolute Gasteiger partial charge is 0.493 e. The van der Waals surface area contributed by atoms with E-state index in [0.717, 1.165) is 22.6 Å². The molecule has 4 aromatic rings. The smallest absolute Gasteiger partial charge is 0.230 e. The number of nitrogens with zero attached hydrogens (tertiary/aromatic N) is 7. The Morgan fingerprint density at radius 3 is 2.66 bits per heavy atom. The highest BCUT2D eigenvalue weighted by Gasteiger charge is 2.28. The van der Waals surface area contributed by atoms with Crippen molar-refractivity contribution in [2.24, 2.45) is 7.05 Å². The van der Waals surface area contributed by atoms with Gasteiger partial charge in [-0.05, 0) is 25.5 Å². The van der Waals surface area contributed by atoms with E-state index < -0.39 is 0 Å². The number of fused-ring (bicyclic) bond motifs is 1. The van der Waals surface area contributed by atoms with Crippen LogP contribution in [0.15, 0.2) is 36.7 Å². The summed E-state index contributed by atoms with van der Waals surface area (Å²) in [7, 11) is 3.43. The van der Waals surface area contributed by atoms with Crippen LogP contribution < -0.4 is 9.64 Å². The second-order valence-electron chi connectivity index (χ2n) is 8.75. The van der Waals surface area contributed by atoms with Gasteiger partial charge in [-0.1, -0.05) is 35.3 Å². The number of halogens is 2. The van der Waals surface area contributed by atoms with Crippen LogP contribution in [-0.4, -0.2) is 42.4 Å². The Morgan fingerprint density at radius 2 is 1.94 bits per heavy atom. The molecular weight excluding hydrogens is 489 g/mol. The van der Waals surface area contributed by atoms with Crippen LogP contribution in [0.25, 0.3) is 22.6 Å². The Kier molecular flexibility index (Phi) is 6.06. The normalized spacial score (nSPS) is 13.6. The molecule has 35 heavy (non-hydrogen) atoms. The molecule has 0 fully saturated rings. The van der Waals surface area contributed by atoms with Crippen molar-refractivity contribution < 1.29 is 9.53 Å². The molecule has 4 heterocycles. The third kappa shape index (κ3) is 4.19. The fourth-order valence-electron chi connectivity index (χ4n) is 4.34. The fourth-order valence-corrected chi connectivity index (χ4v) is 4.86. The number of ether oxygens (including phenoxy) is 1. The molecule has 1 amide bonds. The highest BCUT2D eigenvalue weighted by atomic mass is 35.5. The second-order valence-corrected chi connectivity index (χ2v) is 9.57.